The fourth-order valence-corrected chi connectivity index (χ4v) is 2.77. The first-order valence-electron chi connectivity index (χ1n) is 8.04. The van der Waals surface area contributed by atoms with E-state index in [9.17, 15) is 4.79 Å². The van der Waals surface area contributed by atoms with E-state index in [1.54, 1.807) is 0 Å². The number of benzene rings is 1. The van der Waals surface area contributed by atoms with E-state index in [0.717, 1.165) is 68.9 Å². The van der Waals surface area contributed by atoms with Crippen LogP contribution in [0.4, 0.5) is 0 Å². The van der Waals surface area contributed by atoms with Crippen molar-refractivity contribution in [2.45, 2.75) is 12.8 Å². The Balaban J connectivity index is 1.64. The summed E-state index contributed by atoms with van der Waals surface area (Å²) in [4.78, 5) is 13.8. The summed E-state index contributed by atoms with van der Waals surface area (Å²) < 4.78 is 5.35. The molecule has 2 aromatic rings. The van der Waals surface area contributed by atoms with E-state index in [4.69, 9.17) is 4.74 Å². The highest BCUT2D eigenvalue weighted by molar-refractivity contribution is 5.78. The number of hydrogen-bond acceptors (Lipinski definition) is 5. The van der Waals surface area contributed by atoms with Gasteiger partial charge in [0, 0.05) is 24.2 Å². The van der Waals surface area contributed by atoms with Gasteiger partial charge in [-0.25, -0.2) is 0 Å². The molecule has 5 heteroatoms. The Kier molecular flexibility index (Phi) is 5.45. The molecule has 5 nitrogen and oxygen atoms in total. The van der Waals surface area contributed by atoms with Gasteiger partial charge in [0.05, 0.1) is 24.6 Å². The van der Waals surface area contributed by atoms with Gasteiger partial charge in [0.2, 0.25) is 0 Å². The molecule has 1 aliphatic heterocycles. The van der Waals surface area contributed by atoms with Crippen molar-refractivity contribution in [1.82, 2.24) is 15.1 Å². The maximum atomic E-state index is 11.4. The van der Waals surface area contributed by atoms with Gasteiger partial charge < -0.3 is 4.74 Å². The van der Waals surface area contributed by atoms with Gasteiger partial charge in [-0.3, -0.25) is 9.69 Å². The molecule has 3 rings (SSSR count). The third-order valence-corrected chi connectivity index (χ3v) is 4.09. The molecule has 0 N–H and O–H groups in total. The number of ether oxygens (including phenoxy) is 1. The van der Waals surface area contributed by atoms with E-state index >= 15 is 0 Å². The lowest BCUT2D eigenvalue weighted by Crippen LogP contribution is -2.37. The molecule has 0 radical (unpaired) electrons. The molecule has 2 heterocycles. The molecule has 120 valence electrons. The van der Waals surface area contributed by atoms with Gasteiger partial charge in [0.1, 0.15) is 0 Å². The zero-order valence-electron chi connectivity index (χ0n) is 13.1. The van der Waals surface area contributed by atoms with Gasteiger partial charge >= 0.3 is 0 Å². The minimum atomic E-state index is 0.640. The molecule has 1 fully saturated rings. The zero-order chi connectivity index (χ0) is 15.9. The van der Waals surface area contributed by atoms with E-state index in [0.29, 0.717) is 5.56 Å². The summed E-state index contributed by atoms with van der Waals surface area (Å²) in [6.07, 6.45) is 2.62. The van der Waals surface area contributed by atoms with E-state index < -0.39 is 0 Å². The molecule has 0 spiro atoms. The van der Waals surface area contributed by atoms with Crippen LogP contribution in [0.2, 0.25) is 0 Å². The predicted molar refractivity (Wildman–Crippen MR) is 88.4 cm³/mol. The van der Waals surface area contributed by atoms with Crippen molar-refractivity contribution in [2.24, 2.45) is 0 Å². The van der Waals surface area contributed by atoms with Gasteiger partial charge in [0.25, 0.3) is 0 Å². The molecule has 0 atom stereocenters. The van der Waals surface area contributed by atoms with E-state index in [2.05, 4.69) is 15.1 Å². The van der Waals surface area contributed by atoms with Gasteiger partial charge in [-0.15, -0.1) is 0 Å². The lowest BCUT2D eigenvalue weighted by Gasteiger charge is -2.26. The summed E-state index contributed by atoms with van der Waals surface area (Å²) in [5, 5.41) is 8.56. The SMILES string of the molecule is O=Cc1cc(-c2ccccc2)nnc1CCCN1CCOCC1. The highest BCUT2D eigenvalue weighted by Gasteiger charge is 2.12. The molecule has 0 amide bonds. The number of aldehydes is 1. The van der Waals surface area contributed by atoms with Crippen LogP contribution in [0.3, 0.4) is 0 Å². The number of hydrogen-bond donors (Lipinski definition) is 0. The minimum Gasteiger partial charge on any atom is -0.379 e. The summed E-state index contributed by atoms with van der Waals surface area (Å²) in [5.74, 6) is 0. The minimum absolute atomic E-state index is 0.640. The molecule has 0 bridgehead atoms. The van der Waals surface area contributed by atoms with Crippen molar-refractivity contribution < 1.29 is 9.53 Å². The number of carbonyl (C=O) groups is 1. The normalized spacial score (nSPS) is 15.5. The molecule has 0 saturated carbocycles. The van der Waals surface area contributed by atoms with Crippen LogP contribution in [0, 0.1) is 0 Å². The maximum Gasteiger partial charge on any atom is 0.152 e. The van der Waals surface area contributed by atoms with Crippen molar-refractivity contribution in [3.8, 4) is 11.3 Å². The molecule has 1 aromatic carbocycles. The molecule has 23 heavy (non-hydrogen) atoms. The quantitative estimate of drug-likeness (QED) is 0.766. The topological polar surface area (TPSA) is 55.3 Å². The Morgan fingerprint density at radius 1 is 1.13 bits per heavy atom. The molecule has 1 saturated heterocycles. The Labute approximate surface area is 136 Å². The van der Waals surface area contributed by atoms with Gasteiger partial charge in [-0.05, 0) is 25.5 Å². The Hall–Kier alpha value is -2.11. The summed E-state index contributed by atoms with van der Waals surface area (Å²) in [6, 6.07) is 11.6. The van der Waals surface area contributed by atoms with E-state index in [-0.39, 0.29) is 0 Å². The van der Waals surface area contributed by atoms with E-state index in [1.807, 2.05) is 36.4 Å². The maximum absolute atomic E-state index is 11.4. The Morgan fingerprint density at radius 3 is 2.65 bits per heavy atom. The van der Waals surface area contributed by atoms with Crippen molar-refractivity contribution in [3.63, 3.8) is 0 Å². The first-order valence-corrected chi connectivity index (χ1v) is 8.04. The van der Waals surface area contributed by atoms with Crippen LogP contribution in [0.15, 0.2) is 36.4 Å². The van der Waals surface area contributed by atoms with Crippen LogP contribution in [-0.2, 0) is 11.2 Å². The van der Waals surface area contributed by atoms with Crippen molar-refractivity contribution >= 4 is 6.29 Å². The van der Waals surface area contributed by atoms with Gasteiger partial charge in [-0.1, -0.05) is 30.3 Å². The summed E-state index contributed by atoms with van der Waals surface area (Å²) >= 11 is 0. The number of nitrogens with zero attached hydrogens (tertiary/aromatic N) is 3. The van der Waals surface area contributed by atoms with Crippen LogP contribution < -0.4 is 0 Å². The first kappa shape index (κ1) is 15.8. The van der Waals surface area contributed by atoms with E-state index in [1.165, 1.54) is 0 Å². The van der Waals surface area contributed by atoms with Crippen molar-refractivity contribution in [3.05, 3.63) is 47.7 Å². The van der Waals surface area contributed by atoms with Crippen LogP contribution >= 0.6 is 0 Å². The second kappa shape index (κ2) is 7.94. The van der Waals surface area contributed by atoms with Crippen LogP contribution in [0.1, 0.15) is 22.5 Å². The lowest BCUT2D eigenvalue weighted by molar-refractivity contribution is 0.0374. The summed E-state index contributed by atoms with van der Waals surface area (Å²) in [5.41, 5.74) is 3.14. The molecular formula is C18H21N3O2. The number of morpholine rings is 1. The van der Waals surface area contributed by atoms with Crippen molar-refractivity contribution in [1.29, 1.82) is 0 Å². The third-order valence-electron chi connectivity index (χ3n) is 4.09. The molecule has 0 aliphatic carbocycles. The monoisotopic (exact) mass is 311 g/mol. The van der Waals surface area contributed by atoms with Gasteiger partial charge in [-0.2, -0.15) is 10.2 Å². The lowest BCUT2D eigenvalue weighted by atomic mass is 10.1. The van der Waals surface area contributed by atoms with Crippen LogP contribution in [0.5, 0.6) is 0 Å². The predicted octanol–water partition coefficient (Wildman–Crippen LogP) is 2.22. The Bertz CT molecular complexity index is 640. The highest BCUT2D eigenvalue weighted by atomic mass is 16.5. The molecule has 1 aliphatic rings. The second-order valence-corrected chi connectivity index (χ2v) is 5.67. The fraction of sp³-hybridized carbons (Fsp3) is 0.389. The Morgan fingerprint density at radius 2 is 1.91 bits per heavy atom. The molecular weight excluding hydrogens is 290 g/mol. The second-order valence-electron chi connectivity index (χ2n) is 5.67. The number of carbonyl (C=O) groups excluding carboxylic acids is 1. The first-order chi connectivity index (χ1) is 11.4. The molecule has 0 unspecified atom stereocenters. The molecule has 1 aromatic heterocycles. The van der Waals surface area contributed by atoms with Crippen LogP contribution in [0.25, 0.3) is 11.3 Å². The largest absolute Gasteiger partial charge is 0.379 e. The zero-order valence-corrected chi connectivity index (χ0v) is 13.1. The average Bonchev–Trinajstić information content (AvgIpc) is 2.63. The van der Waals surface area contributed by atoms with Crippen LogP contribution in [-0.4, -0.2) is 54.2 Å². The highest BCUT2D eigenvalue weighted by Crippen LogP contribution is 2.18. The standard InChI is InChI=1S/C18H21N3O2/c22-14-16-13-18(15-5-2-1-3-6-15)20-19-17(16)7-4-8-21-9-11-23-12-10-21/h1-3,5-6,13-14H,4,7-12H2. The van der Waals surface area contributed by atoms with Crippen molar-refractivity contribution in [2.75, 3.05) is 32.8 Å². The number of rotatable bonds is 6. The fourth-order valence-electron chi connectivity index (χ4n) is 2.77. The summed E-state index contributed by atoms with van der Waals surface area (Å²) in [6.45, 7) is 4.60. The summed E-state index contributed by atoms with van der Waals surface area (Å²) in [7, 11) is 0. The average molecular weight is 311 g/mol. The number of aromatic nitrogens is 2. The van der Waals surface area contributed by atoms with Gasteiger partial charge in [0.15, 0.2) is 6.29 Å². The third kappa shape index (κ3) is 4.21. The smallest absolute Gasteiger partial charge is 0.152 e. The number of aryl methyl sites for hydroxylation is 1.